The number of anilines is 1. The lowest BCUT2D eigenvalue weighted by Crippen LogP contribution is -2.54. The summed E-state index contributed by atoms with van der Waals surface area (Å²) in [6.45, 7) is 2.80. The predicted molar refractivity (Wildman–Crippen MR) is 56.8 cm³/mol. The van der Waals surface area contributed by atoms with Gasteiger partial charge >= 0.3 is 6.01 Å². The van der Waals surface area contributed by atoms with Gasteiger partial charge in [-0.15, -0.1) is 0 Å². The van der Waals surface area contributed by atoms with Crippen LogP contribution in [0.1, 0.15) is 18.5 Å². The first kappa shape index (κ1) is 11.1. The molecule has 6 heteroatoms. The molecule has 0 aliphatic carbocycles. The Morgan fingerprint density at radius 2 is 2.25 bits per heavy atom. The summed E-state index contributed by atoms with van der Waals surface area (Å²) in [4.78, 5) is 15.9. The van der Waals surface area contributed by atoms with Gasteiger partial charge in [-0.05, 0) is 19.8 Å². The van der Waals surface area contributed by atoms with E-state index in [1.54, 1.807) is 6.92 Å². The van der Waals surface area contributed by atoms with E-state index < -0.39 is 5.54 Å². The molecule has 1 saturated heterocycles. The van der Waals surface area contributed by atoms with Crippen molar-refractivity contribution in [2.75, 3.05) is 18.5 Å². The standard InChI is InChI=1S/C10H15N3O3/c1-7-6-16-9(12-7)13-8(14)10(11)2-4-15-5-3-10/h6H,2-5,11H2,1H3,(H,12,13,14). The maximum Gasteiger partial charge on any atom is 0.301 e. The number of carbonyl (C=O) groups is 1. The number of ether oxygens (including phenoxy) is 1. The number of nitrogens with two attached hydrogens (primary N) is 1. The second kappa shape index (κ2) is 4.23. The molecule has 16 heavy (non-hydrogen) atoms. The topological polar surface area (TPSA) is 90.4 Å². The second-order valence-electron chi connectivity index (χ2n) is 4.02. The van der Waals surface area contributed by atoms with Crippen molar-refractivity contribution in [3.05, 3.63) is 12.0 Å². The Bertz CT molecular complexity index is 382. The highest BCUT2D eigenvalue weighted by atomic mass is 16.5. The number of aryl methyl sites for hydroxylation is 1. The van der Waals surface area contributed by atoms with Crippen LogP contribution in [0.15, 0.2) is 10.7 Å². The largest absolute Gasteiger partial charge is 0.432 e. The van der Waals surface area contributed by atoms with E-state index in [2.05, 4.69) is 10.3 Å². The molecular formula is C10H15N3O3. The van der Waals surface area contributed by atoms with E-state index in [0.717, 1.165) is 0 Å². The Kier molecular flexibility index (Phi) is 2.93. The molecule has 1 amide bonds. The summed E-state index contributed by atoms with van der Waals surface area (Å²) < 4.78 is 10.2. The van der Waals surface area contributed by atoms with Gasteiger partial charge in [-0.1, -0.05) is 0 Å². The van der Waals surface area contributed by atoms with Crippen molar-refractivity contribution in [3.8, 4) is 0 Å². The van der Waals surface area contributed by atoms with Crippen molar-refractivity contribution in [3.63, 3.8) is 0 Å². The van der Waals surface area contributed by atoms with Gasteiger partial charge in [0.05, 0.1) is 5.69 Å². The van der Waals surface area contributed by atoms with Crippen LogP contribution in [0.25, 0.3) is 0 Å². The van der Waals surface area contributed by atoms with Gasteiger partial charge in [-0.2, -0.15) is 4.98 Å². The zero-order valence-electron chi connectivity index (χ0n) is 9.16. The average Bonchev–Trinajstić information content (AvgIpc) is 2.65. The van der Waals surface area contributed by atoms with Crippen molar-refractivity contribution in [2.45, 2.75) is 25.3 Å². The molecule has 0 spiro atoms. The fourth-order valence-electron chi connectivity index (χ4n) is 1.60. The van der Waals surface area contributed by atoms with Crippen molar-refractivity contribution in [2.24, 2.45) is 5.73 Å². The van der Waals surface area contributed by atoms with E-state index in [4.69, 9.17) is 14.9 Å². The van der Waals surface area contributed by atoms with E-state index in [1.807, 2.05) is 0 Å². The maximum atomic E-state index is 11.9. The summed E-state index contributed by atoms with van der Waals surface area (Å²) in [6.07, 6.45) is 2.50. The molecule has 0 bridgehead atoms. The highest BCUT2D eigenvalue weighted by molar-refractivity contribution is 5.96. The SMILES string of the molecule is Cc1coc(NC(=O)C2(N)CCOCC2)n1. The quantitative estimate of drug-likeness (QED) is 0.761. The lowest BCUT2D eigenvalue weighted by Gasteiger charge is -2.31. The lowest BCUT2D eigenvalue weighted by molar-refractivity contribution is -0.124. The Labute approximate surface area is 93.2 Å². The van der Waals surface area contributed by atoms with Crippen LogP contribution >= 0.6 is 0 Å². The molecule has 0 unspecified atom stereocenters. The molecule has 1 aliphatic heterocycles. The zero-order chi connectivity index (χ0) is 11.6. The van der Waals surface area contributed by atoms with Gasteiger partial charge < -0.3 is 14.9 Å². The molecule has 0 aromatic carbocycles. The van der Waals surface area contributed by atoms with Crippen molar-refractivity contribution >= 4 is 11.9 Å². The predicted octanol–water partition coefficient (Wildman–Crippen LogP) is 0.429. The minimum absolute atomic E-state index is 0.193. The van der Waals surface area contributed by atoms with E-state index in [9.17, 15) is 4.79 Å². The van der Waals surface area contributed by atoms with Crippen LogP contribution in [-0.2, 0) is 9.53 Å². The number of nitrogens with one attached hydrogen (secondary N) is 1. The third kappa shape index (κ3) is 2.23. The summed E-state index contributed by atoms with van der Waals surface area (Å²) in [5.74, 6) is -0.266. The summed E-state index contributed by atoms with van der Waals surface area (Å²) in [6, 6.07) is 0.193. The third-order valence-electron chi connectivity index (χ3n) is 2.68. The molecule has 0 atom stereocenters. The highest BCUT2D eigenvalue weighted by Crippen LogP contribution is 2.19. The Morgan fingerprint density at radius 1 is 1.56 bits per heavy atom. The van der Waals surface area contributed by atoms with Crippen LogP contribution in [0.2, 0.25) is 0 Å². The van der Waals surface area contributed by atoms with Crippen LogP contribution in [0, 0.1) is 6.92 Å². The van der Waals surface area contributed by atoms with Crippen molar-refractivity contribution in [1.82, 2.24) is 4.98 Å². The zero-order valence-corrected chi connectivity index (χ0v) is 9.16. The number of oxazole rings is 1. The Balaban J connectivity index is 2.01. The molecule has 88 valence electrons. The van der Waals surface area contributed by atoms with Gasteiger partial charge in [0.1, 0.15) is 11.8 Å². The van der Waals surface area contributed by atoms with Crippen molar-refractivity contribution < 1.29 is 13.9 Å². The minimum atomic E-state index is -0.874. The average molecular weight is 225 g/mol. The molecule has 3 N–H and O–H groups in total. The number of amides is 1. The van der Waals surface area contributed by atoms with E-state index in [-0.39, 0.29) is 11.9 Å². The number of rotatable bonds is 2. The normalized spacial score (nSPS) is 19.4. The van der Waals surface area contributed by atoms with Gasteiger partial charge in [-0.25, -0.2) is 0 Å². The molecule has 0 radical (unpaired) electrons. The van der Waals surface area contributed by atoms with Gasteiger partial charge in [0.2, 0.25) is 5.91 Å². The first-order valence-corrected chi connectivity index (χ1v) is 5.20. The number of aromatic nitrogens is 1. The third-order valence-corrected chi connectivity index (χ3v) is 2.68. The molecule has 2 rings (SSSR count). The molecule has 1 aromatic heterocycles. The monoisotopic (exact) mass is 225 g/mol. The number of hydrogen-bond acceptors (Lipinski definition) is 5. The second-order valence-corrected chi connectivity index (χ2v) is 4.02. The number of nitrogens with zero attached hydrogens (tertiary/aromatic N) is 1. The smallest absolute Gasteiger partial charge is 0.301 e. The number of carbonyl (C=O) groups excluding carboxylic acids is 1. The minimum Gasteiger partial charge on any atom is -0.432 e. The van der Waals surface area contributed by atoms with Gasteiger partial charge in [-0.3, -0.25) is 10.1 Å². The summed E-state index contributed by atoms with van der Waals surface area (Å²) >= 11 is 0. The number of hydrogen-bond donors (Lipinski definition) is 2. The first-order chi connectivity index (χ1) is 7.60. The first-order valence-electron chi connectivity index (χ1n) is 5.20. The Hall–Kier alpha value is -1.40. The lowest BCUT2D eigenvalue weighted by atomic mass is 9.90. The maximum absolute atomic E-state index is 11.9. The fourth-order valence-corrected chi connectivity index (χ4v) is 1.60. The van der Waals surface area contributed by atoms with Crippen LogP contribution in [-0.4, -0.2) is 29.6 Å². The fraction of sp³-hybridized carbons (Fsp3) is 0.600. The van der Waals surface area contributed by atoms with E-state index in [1.165, 1.54) is 6.26 Å². The molecule has 6 nitrogen and oxygen atoms in total. The van der Waals surface area contributed by atoms with Crippen LogP contribution in [0.3, 0.4) is 0 Å². The molecule has 0 saturated carbocycles. The highest BCUT2D eigenvalue weighted by Gasteiger charge is 2.36. The van der Waals surface area contributed by atoms with Gasteiger partial charge in [0.25, 0.3) is 0 Å². The summed E-state index contributed by atoms with van der Waals surface area (Å²) in [5, 5.41) is 2.58. The van der Waals surface area contributed by atoms with Crippen LogP contribution < -0.4 is 11.1 Å². The molecule has 1 fully saturated rings. The van der Waals surface area contributed by atoms with E-state index >= 15 is 0 Å². The van der Waals surface area contributed by atoms with E-state index in [0.29, 0.717) is 31.7 Å². The van der Waals surface area contributed by atoms with Gasteiger partial charge in [0, 0.05) is 13.2 Å². The molecule has 1 aliphatic rings. The van der Waals surface area contributed by atoms with Crippen molar-refractivity contribution in [1.29, 1.82) is 0 Å². The summed E-state index contributed by atoms with van der Waals surface area (Å²) in [5.41, 5.74) is 5.84. The molecule has 1 aromatic rings. The summed E-state index contributed by atoms with van der Waals surface area (Å²) in [7, 11) is 0. The Morgan fingerprint density at radius 3 is 2.81 bits per heavy atom. The molecular weight excluding hydrogens is 210 g/mol. The van der Waals surface area contributed by atoms with Crippen LogP contribution in [0.5, 0.6) is 0 Å². The van der Waals surface area contributed by atoms with Crippen LogP contribution in [0.4, 0.5) is 6.01 Å². The van der Waals surface area contributed by atoms with Gasteiger partial charge in [0.15, 0.2) is 0 Å². The molecule has 2 heterocycles.